The van der Waals surface area contributed by atoms with E-state index in [4.69, 9.17) is 16.3 Å². The van der Waals surface area contributed by atoms with E-state index in [1.807, 2.05) is 0 Å². The van der Waals surface area contributed by atoms with E-state index in [9.17, 15) is 13.6 Å². The second kappa shape index (κ2) is 5.25. The minimum absolute atomic E-state index is 0.279. The number of hydrogen-bond donors (Lipinski definition) is 1. The monoisotopic (exact) mass is 353 g/mol. The van der Waals surface area contributed by atoms with Crippen molar-refractivity contribution in [3.63, 3.8) is 0 Å². The number of rotatable bonds is 3. The predicted octanol–water partition coefficient (Wildman–Crippen LogP) is 3.64. The SMILES string of the molecule is COc1c(Cl)cc(C(=O)NC2CC(F)(F)C2)cc1Br. The summed E-state index contributed by atoms with van der Waals surface area (Å²) < 4.78 is 30.9. The predicted molar refractivity (Wildman–Crippen MR) is 71.1 cm³/mol. The van der Waals surface area contributed by atoms with Gasteiger partial charge >= 0.3 is 0 Å². The summed E-state index contributed by atoms with van der Waals surface area (Å²) in [6.45, 7) is 0. The van der Waals surface area contributed by atoms with Crippen molar-refractivity contribution in [2.24, 2.45) is 0 Å². The number of methoxy groups -OCH3 is 1. The number of alkyl halides is 2. The van der Waals surface area contributed by atoms with Crippen LogP contribution in [0.2, 0.25) is 5.02 Å². The fourth-order valence-corrected chi connectivity index (χ4v) is 2.95. The van der Waals surface area contributed by atoms with E-state index in [-0.39, 0.29) is 17.9 Å². The molecule has 1 N–H and O–H groups in total. The van der Waals surface area contributed by atoms with Crippen molar-refractivity contribution < 1.29 is 18.3 Å². The molecule has 3 nitrogen and oxygen atoms in total. The molecule has 1 saturated carbocycles. The van der Waals surface area contributed by atoms with Crippen LogP contribution in [0, 0.1) is 0 Å². The highest BCUT2D eigenvalue weighted by molar-refractivity contribution is 9.10. The molecule has 1 aromatic rings. The van der Waals surface area contributed by atoms with Crippen molar-refractivity contribution in [3.8, 4) is 5.75 Å². The van der Waals surface area contributed by atoms with E-state index in [1.54, 1.807) is 0 Å². The van der Waals surface area contributed by atoms with Gasteiger partial charge in [0.2, 0.25) is 0 Å². The standard InChI is InChI=1S/C12H11BrClF2NO2/c1-19-10-8(13)2-6(3-9(10)14)11(18)17-7-4-12(15,16)5-7/h2-3,7H,4-5H2,1H3,(H,17,18). The lowest BCUT2D eigenvalue weighted by molar-refractivity contribution is -0.0901. The van der Waals surface area contributed by atoms with E-state index in [1.165, 1.54) is 19.2 Å². The maximum Gasteiger partial charge on any atom is 0.252 e. The van der Waals surface area contributed by atoms with Gasteiger partial charge in [0.25, 0.3) is 11.8 Å². The topological polar surface area (TPSA) is 38.3 Å². The Kier molecular flexibility index (Phi) is 4.01. The number of amides is 1. The number of nitrogens with one attached hydrogen (secondary N) is 1. The van der Waals surface area contributed by atoms with Gasteiger partial charge in [0, 0.05) is 24.4 Å². The summed E-state index contributed by atoms with van der Waals surface area (Å²) in [5.74, 6) is -2.66. The largest absolute Gasteiger partial charge is 0.494 e. The van der Waals surface area contributed by atoms with Crippen LogP contribution >= 0.6 is 27.5 Å². The summed E-state index contributed by atoms with van der Waals surface area (Å²) in [6, 6.07) is 2.50. The van der Waals surface area contributed by atoms with Crippen LogP contribution in [-0.2, 0) is 0 Å². The lowest BCUT2D eigenvalue weighted by Crippen LogP contribution is -2.50. The Hall–Kier alpha value is -0.880. The average Bonchev–Trinajstić information content (AvgIpc) is 2.25. The molecule has 1 fully saturated rings. The Labute approximate surface area is 122 Å². The van der Waals surface area contributed by atoms with Crippen LogP contribution in [0.4, 0.5) is 8.78 Å². The van der Waals surface area contributed by atoms with E-state index in [0.29, 0.717) is 15.8 Å². The fourth-order valence-electron chi connectivity index (χ4n) is 1.92. The van der Waals surface area contributed by atoms with Crippen LogP contribution < -0.4 is 10.1 Å². The highest BCUT2D eigenvalue weighted by Gasteiger charge is 2.45. The molecular weight excluding hydrogens is 343 g/mol. The van der Waals surface area contributed by atoms with E-state index < -0.39 is 17.9 Å². The maximum atomic E-state index is 12.7. The molecule has 19 heavy (non-hydrogen) atoms. The first-order valence-electron chi connectivity index (χ1n) is 5.54. The van der Waals surface area contributed by atoms with Gasteiger partial charge in [-0.2, -0.15) is 0 Å². The van der Waals surface area contributed by atoms with E-state index >= 15 is 0 Å². The molecule has 104 valence electrons. The van der Waals surface area contributed by atoms with Crippen molar-refractivity contribution >= 4 is 33.4 Å². The van der Waals surface area contributed by atoms with Crippen LogP contribution in [-0.4, -0.2) is 25.0 Å². The number of hydrogen-bond acceptors (Lipinski definition) is 2. The van der Waals surface area contributed by atoms with Crippen LogP contribution in [0.15, 0.2) is 16.6 Å². The smallest absolute Gasteiger partial charge is 0.252 e. The maximum absolute atomic E-state index is 12.7. The number of halogens is 4. The molecule has 0 bridgehead atoms. The highest BCUT2D eigenvalue weighted by Crippen LogP contribution is 2.38. The Morgan fingerprint density at radius 1 is 1.53 bits per heavy atom. The summed E-state index contributed by atoms with van der Waals surface area (Å²) in [7, 11) is 1.46. The molecule has 0 heterocycles. The first-order valence-corrected chi connectivity index (χ1v) is 6.71. The number of ether oxygens (including phenoxy) is 1. The summed E-state index contributed by atoms with van der Waals surface area (Å²) in [4.78, 5) is 11.9. The molecular formula is C12H11BrClF2NO2. The van der Waals surface area contributed by atoms with Gasteiger partial charge < -0.3 is 10.1 Å². The summed E-state index contributed by atoms with van der Waals surface area (Å²) in [5.41, 5.74) is 0.299. The zero-order chi connectivity index (χ0) is 14.2. The Morgan fingerprint density at radius 2 is 2.16 bits per heavy atom. The van der Waals surface area contributed by atoms with Gasteiger partial charge in [-0.05, 0) is 28.1 Å². The third kappa shape index (κ3) is 3.17. The zero-order valence-corrected chi connectivity index (χ0v) is 12.3. The first-order chi connectivity index (χ1) is 8.82. The van der Waals surface area contributed by atoms with Gasteiger partial charge in [0.1, 0.15) is 0 Å². The van der Waals surface area contributed by atoms with E-state index in [0.717, 1.165) is 0 Å². The molecule has 0 radical (unpaired) electrons. The van der Waals surface area contributed by atoms with Gasteiger partial charge in [-0.3, -0.25) is 4.79 Å². The molecule has 1 amide bonds. The van der Waals surface area contributed by atoms with Crippen LogP contribution in [0.25, 0.3) is 0 Å². The lowest BCUT2D eigenvalue weighted by Gasteiger charge is -2.35. The second-order valence-corrected chi connectivity index (χ2v) is 5.67. The second-order valence-electron chi connectivity index (χ2n) is 4.41. The molecule has 1 aliphatic carbocycles. The number of carbonyl (C=O) groups excluding carboxylic acids is 1. The molecule has 0 spiro atoms. The molecule has 7 heteroatoms. The zero-order valence-electron chi connectivity index (χ0n) is 9.97. The Morgan fingerprint density at radius 3 is 2.63 bits per heavy atom. The van der Waals surface area contributed by atoms with Crippen molar-refractivity contribution in [1.29, 1.82) is 0 Å². The molecule has 0 unspecified atom stereocenters. The van der Waals surface area contributed by atoms with Crippen molar-refractivity contribution in [2.45, 2.75) is 24.8 Å². The minimum Gasteiger partial charge on any atom is -0.494 e. The minimum atomic E-state index is -2.66. The van der Waals surface area contributed by atoms with Crippen LogP contribution in [0.1, 0.15) is 23.2 Å². The van der Waals surface area contributed by atoms with Gasteiger partial charge in [-0.25, -0.2) is 8.78 Å². The van der Waals surface area contributed by atoms with Gasteiger partial charge in [-0.15, -0.1) is 0 Å². The van der Waals surface area contributed by atoms with Crippen molar-refractivity contribution in [1.82, 2.24) is 5.32 Å². The van der Waals surface area contributed by atoms with Gasteiger partial charge in [-0.1, -0.05) is 11.6 Å². The molecule has 1 aliphatic rings. The normalized spacial score (nSPS) is 17.7. The molecule has 0 aliphatic heterocycles. The summed E-state index contributed by atoms with van der Waals surface area (Å²) >= 11 is 9.19. The van der Waals surface area contributed by atoms with Gasteiger partial charge in [0.05, 0.1) is 16.6 Å². The van der Waals surface area contributed by atoms with Crippen LogP contribution in [0.3, 0.4) is 0 Å². The molecule has 2 rings (SSSR count). The Balaban J connectivity index is 2.08. The lowest BCUT2D eigenvalue weighted by atomic mass is 9.88. The van der Waals surface area contributed by atoms with Crippen molar-refractivity contribution in [2.75, 3.05) is 7.11 Å². The number of carbonyl (C=O) groups is 1. The van der Waals surface area contributed by atoms with Crippen molar-refractivity contribution in [3.05, 3.63) is 27.2 Å². The quantitative estimate of drug-likeness (QED) is 0.900. The molecule has 0 atom stereocenters. The van der Waals surface area contributed by atoms with Crippen LogP contribution in [0.5, 0.6) is 5.75 Å². The molecule has 0 aromatic heterocycles. The van der Waals surface area contributed by atoms with E-state index in [2.05, 4.69) is 21.2 Å². The Bertz CT molecular complexity index is 493. The summed E-state index contributed by atoms with van der Waals surface area (Å²) in [6.07, 6.45) is -0.631. The average molecular weight is 355 g/mol. The molecule has 1 aromatic carbocycles. The highest BCUT2D eigenvalue weighted by atomic mass is 79.9. The third-order valence-corrected chi connectivity index (χ3v) is 3.76. The first kappa shape index (κ1) is 14.5. The fraction of sp³-hybridized carbons (Fsp3) is 0.417. The van der Waals surface area contributed by atoms with Gasteiger partial charge in [0.15, 0.2) is 5.75 Å². The third-order valence-electron chi connectivity index (χ3n) is 2.89. The summed E-state index contributed by atoms with van der Waals surface area (Å²) in [5, 5.41) is 2.82. The number of benzene rings is 1. The molecule has 0 saturated heterocycles.